The summed E-state index contributed by atoms with van der Waals surface area (Å²) in [7, 11) is 1.60. The van der Waals surface area contributed by atoms with Crippen LogP contribution in [-0.4, -0.2) is 36.2 Å². The van der Waals surface area contributed by atoms with E-state index in [1.54, 1.807) is 31.2 Å². The van der Waals surface area contributed by atoms with Crippen LogP contribution >= 0.6 is 11.6 Å². The van der Waals surface area contributed by atoms with Gasteiger partial charge in [0.25, 0.3) is 0 Å². The van der Waals surface area contributed by atoms with E-state index in [1.165, 1.54) is 6.92 Å². The highest BCUT2D eigenvalue weighted by Crippen LogP contribution is 2.42. The predicted molar refractivity (Wildman–Crippen MR) is 92.3 cm³/mol. The Morgan fingerprint density at radius 2 is 1.96 bits per heavy atom. The highest BCUT2D eigenvalue weighted by Gasteiger charge is 2.38. The van der Waals surface area contributed by atoms with E-state index in [2.05, 4.69) is 0 Å². The molecule has 0 aliphatic carbocycles. The average molecular weight is 356 g/mol. The van der Waals surface area contributed by atoms with Crippen LogP contribution in [-0.2, 0) is 9.63 Å². The van der Waals surface area contributed by atoms with Gasteiger partial charge in [0.2, 0.25) is 0 Å². The van der Waals surface area contributed by atoms with Crippen molar-refractivity contribution >= 4 is 23.0 Å². The van der Waals surface area contributed by atoms with Gasteiger partial charge in [0.05, 0.1) is 17.7 Å². The summed E-state index contributed by atoms with van der Waals surface area (Å²) in [6.07, 6.45) is 1.18. The van der Waals surface area contributed by atoms with Gasteiger partial charge in [0, 0.05) is 24.1 Å². The Labute approximate surface area is 146 Å². The van der Waals surface area contributed by atoms with E-state index >= 15 is 0 Å². The number of hydrogen-bond acceptors (Lipinski definition) is 4. The predicted octanol–water partition coefficient (Wildman–Crippen LogP) is 4.31. The lowest BCUT2D eigenvalue weighted by molar-refractivity contribution is -0.156. The lowest BCUT2D eigenvalue weighted by atomic mass is 9.76. The number of piperidine rings is 1. The number of halogens is 2. The molecule has 0 unspecified atom stereocenters. The summed E-state index contributed by atoms with van der Waals surface area (Å²) in [5, 5.41) is 12.8. The number of hydrogen-bond donors (Lipinski definition) is 1. The van der Waals surface area contributed by atoms with Crippen LogP contribution in [0.25, 0.3) is 5.57 Å². The second-order valence-corrected chi connectivity index (χ2v) is 6.91. The molecule has 0 amide bonds. The maximum Gasteiger partial charge on any atom is 0.163 e. The second-order valence-electron chi connectivity index (χ2n) is 6.51. The fourth-order valence-corrected chi connectivity index (χ4v) is 3.29. The first-order valence-electron chi connectivity index (χ1n) is 7.90. The zero-order valence-electron chi connectivity index (χ0n) is 14.4. The highest BCUT2D eigenvalue weighted by atomic mass is 35.5. The van der Waals surface area contributed by atoms with Gasteiger partial charge >= 0.3 is 0 Å². The molecule has 0 saturated carbocycles. The molecule has 0 aromatic heterocycles. The van der Waals surface area contributed by atoms with Crippen LogP contribution in [0.15, 0.2) is 17.9 Å². The molecule has 6 heteroatoms. The van der Waals surface area contributed by atoms with Crippen molar-refractivity contribution in [1.29, 1.82) is 0 Å². The lowest BCUT2D eigenvalue weighted by Gasteiger charge is -2.38. The molecule has 0 bridgehead atoms. The van der Waals surface area contributed by atoms with Gasteiger partial charge in [0.1, 0.15) is 11.6 Å². The molecule has 1 saturated heterocycles. The van der Waals surface area contributed by atoms with Crippen LogP contribution in [0.5, 0.6) is 0 Å². The summed E-state index contributed by atoms with van der Waals surface area (Å²) < 4.78 is 14.6. The number of aryl methyl sites for hydroxylation is 1. The molecule has 1 N–H and O–H groups in total. The Kier molecular flexibility index (Phi) is 5.68. The third-order valence-electron chi connectivity index (χ3n) is 4.78. The third kappa shape index (κ3) is 3.48. The maximum atomic E-state index is 14.6. The van der Waals surface area contributed by atoms with E-state index in [4.69, 9.17) is 16.4 Å². The van der Waals surface area contributed by atoms with E-state index < -0.39 is 17.0 Å². The van der Waals surface area contributed by atoms with Crippen molar-refractivity contribution in [3.8, 4) is 0 Å². The van der Waals surface area contributed by atoms with Gasteiger partial charge in [-0.2, -0.15) is 5.06 Å². The summed E-state index contributed by atoms with van der Waals surface area (Å²) in [5.41, 5.74) is -0.304. The van der Waals surface area contributed by atoms with E-state index in [0.29, 0.717) is 31.5 Å². The Morgan fingerprint density at radius 1 is 1.38 bits per heavy atom. The van der Waals surface area contributed by atoms with Gasteiger partial charge < -0.3 is 9.94 Å². The normalized spacial score (nSPS) is 19.1. The van der Waals surface area contributed by atoms with Crippen LogP contribution in [0.3, 0.4) is 0 Å². The number of carbonyl (C=O) groups is 1. The molecule has 1 aromatic carbocycles. The van der Waals surface area contributed by atoms with E-state index in [-0.39, 0.29) is 21.9 Å². The van der Waals surface area contributed by atoms with E-state index in [9.17, 15) is 14.3 Å². The van der Waals surface area contributed by atoms with Crippen molar-refractivity contribution in [2.45, 2.75) is 33.6 Å². The highest BCUT2D eigenvalue weighted by molar-refractivity contribution is 6.35. The molecule has 4 nitrogen and oxygen atoms in total. The number of carbonyl (C=O) groups excluding carboxylic acids is 1. The minimum absolute atomic E-state index is 0.0166. The van der Waals surface area contributed by atoms with Gasteiger partial charge in [-0.3, -0.25) is 4.79 Å². The van der Waals surface area contributed by atoms with Gasteiger partial charge in [0.15, 0.2) is 5.78 Å². The zero-order chi connectivity index (χ0) is 18.1. The molecule has 2 rings (SSSR count). The Hall–Kier alpha value is -1.43. The van der Waals surface area contributed by atoms with Crippen molar-refractivity contribution in [3.05, 3.63) is 39.9 Å². The van der Waals surface area contributed by atoms with Crippen molar-refractivity contribution in [3.63, 3.8) is 0 Å². The van der Waals surface area contributed by atoms with Crippen LogP contribution in [0, 0.1) is 18.2 Å². The van der Waals surface area contributed by atoms with Crippen molar-refractivity contribution in [1.82, 2.24) is 5.06 Å². The van der Waals surface area contributed by atoms with Crippen molar-refractivity contribution in [2.75, 3.05) is 20.2 Å². The molecule has 0 radical (unpaired) electrons. The number of allylic oxidation sites excluding steroid dienone is 2. The number of rotatable bonds is 4. The largest absolute Gasteiger partial charge is 0.511 e. The summed E-state index contributed by atoms with van der Waals surface area (Å²) in [6, 6.07) is 3.09. The third-order valence-corrected chi connectivity index (χ3v) is 5.09. The van der Waals surface area contributed by atoms with Crippen molar-refractivity contribution < 1.29 is 19.1 Å². The second kappa shape index (κ2) is 7.21. The standard InChI is InChI=1S/C18H23ClFNO3/c1-11-5-6-13(19)15(16(11)20)14(12(2)22)17(23)18(3)7-9-21(24-4)10-8-18/h5-6,23H,7-10H2,1-4H3/b17-14-. The first-order valence-corrected chi connectivity index (χ1v) is 8.27. The molecule has 0 spiro atoms. The van der Waals surface area contributed by atoms with Crippen LogP contribution < -0.4 is 0 Å². The first-order chi connectivity index (χ1) is 11.2. The Bertz CT molecular complexity index is 679. The molecule has 1 heterocycles. The number of benzene rings is 1. The van der Waals surface area contributed by atoms with Gasteiger partial charge in [-0.05, 0) is 38.3 Å². The van der Waals surface area contributed by atoms with Gasteiger partial charge in [-0.15, -0.1) is 0 Å². The smallest absolute Gasteiger partial charge is 0.163 e. The molecule has 1 aromatic rings. The minimum atomic E-state index is -0.629. The number of aliphatic hydroxyl groups is 1. The molecule has 1 aliphatic heterocycles. The molecule has 132 valence electrons. The zero-order valence-corrected chi connectivity index (χ0v) is 15.2. The van der Waals surface area contributed by atoms with Gasteiger partial charge in [-0.25, -0.2) is 4.39 Å². The lowest BCUT2D eigenvalue weighted by Crippen LogP contribution is -2.39. The Balaban J connectivity index is 2.57. The maximum absolute atomic E-state index is 14.6. The van der Waals surface area contributed by atoms with Crippen molar-refractivity contribution in [2.24, 2.45) is 5.41 Å². The molecular weight excluding hydrogens is 333 g/mol. The molecule has 0 atom stereocenters. The van der Waals surface area contributed by atoms with E-state index in [1.807, 2.05) is 6.92 Å². The van der Waals surface area contributed by atoms with Crippen LogP contribution in [0.1, 0.15) is 37.8 Å². The van der Waals surface area contributed by atoms with Crippen LogP contribution in [0.2, 0.25) is 5.02 Å². The molecule has 1 fully saturated rings. The number of nitrogens with zero attached hydrogens (tertiary/aromatic N) is 1. The molecular formula is C18H23ClFNO3. The Morgan fingerprint density at radius 3 is 2.46 bits per heavy atom. The summed E-state index contributed by atoms with van der Waals surface area (Å²) in [5.74, 6) is -1.08. The number of Topliss-reactive ketones (excluding diaryl/α,β-unsaturated/α-hetero) is 1. The molecule has 24 heavy (non-hydrogen) atoms. The minimum Gasteiger partial charge on any atom is -0.511 e. The number of hydroxylamine groups is 2. The summed E-state index contributed by atoms with van der Waals surface area (Å²) >= 11 is 6.15. The first kappa shape index (κ1) is 18.9. The number of aliphatic hydroxyl groups excluding tert-OH is 1. The SMILES string of the molecule is CON1CCC(C)(/C(O)=C(\C(C)=O)c2c(Cl)ccc(C)c2F)CC1. The molecule has 1 aliphatic rings. The monoisotopic (exact) mass is 355 g/mol. The van der Waals surface area contributed by atoms with E-state index in [0.717, 1.165) is 0 Å². The topological polar surface area (TPSA) is 49.8 Å². The summed E-state index contributed by atoms with van der Waals surface area (Å²) in [4.78, 5) is 17.4. The fourth-order valence-electron chi connectivity index (χ4n) is 3.05. The van der Waals surface area contributed by atoms with Crippen LogP contribution in [0.4, 0.5) is 4.39 Å². The number of ketones is 1. The summed E-state index contributed by atoms with van der Waals surface area (Å²) in [6.45, 7) is 6.03. The van der Waals surface area contributed by atoms with Gasteiger partial charge in [-0.1, -0.05) is 24.6 Å². The fraction of sp³-hybridized carbons (Fsp3) is 0.500. The average Bonchev–Trinajstić information content (AvgIpc) is 2.55. The quantitative estimate of drug-likeness (QED) is 0.646.